The summed E-state index contributed by atoms with van der Waals surface area (Å²) in [6, 6.07) is 9.70. The van der Waals surface area contributed by atoms with E-state index in [0.717, 1.165) is 36.1 Å². The highest BCUT2D eigenvalue weighted by atomic mass is 19.1. The fourth-order valence-electron chi connectivity index (χ4n) is 3.91. The minimum Gasteiger partial charge on any atom is -0.481 e. The number of ether oxygens (including phenoxy) is 1. The Bertz CT molecular complexity index is 1080. The van der Waals surface area contributed by atoms with E-state index in [1.54, 1.807) is 35.6 Å². The molecule has 166 valence electrons. The molecule has 7 nitrogen and oxygen atoms in total. The van der Waals surface area contributed by atoms with Crippen LogP contribution in [0.3, 0.4) is 0 Å². The highest BCUT2D eigenvalue weighted by Crippen LogP contribution is 2.36. The van der Waals surface area contributed by atoms with Crippen molar-refractivity contribution in [3.05, 3.63) is 66.5 Å². The lowest BCUT2D eigenvalue weighted by Gasteiger charge is -2.36. The van der Waals surface area contributed by atoms with Crippen LogP contribution in [-0.2, 0) is 4.79 Å². The van der Waals surface area contributed by atoms with Gasteiger partial charge in [-0.3, -0.25) is 9.78 Å². The molecule has 3 aromatic rings. The Balaban J connectivity index is 1.65. The standard InChI is InChI=1S/C24H26FN5O2/c1-29(2)24-27-15-18(17-10-12-26-13-11-17)23(28-24)20-8-5-6-14-30(20)22(31)16-32-21-9-4-3-7-19(21)25/h3-4,7,9-13,15,20H,5-6,8,14,16H2,1-2H3/t20-/m1/s1. The lowest BCUT2D eigenvalue weighted by Crippen LogP contribution is -2.41. The van der Waals surface area contributed by atoms with Gasteiger partial charge in [0.2, 0.25) is 5.95 Å². The van der Waals surface area contributed by atoms with Crippen LogP contribution in [0.4, 0.5) is 10.3 Å². The second kappa shape index (κ2) is 9.72. The van der Waals surface area contributed by atoms with Crippen LogP contribution in [0.15, 0.2) is 55.0 Å². The van der Waals surface area contributed by atoms with E-state index in [1.165, 1.54) is 12.1 Å². The number of pyridine rings is 1. The highest BCUT2D eigenvalue weighted by Gasteiger charge is 2.32. The number of benzene rings is 1. The number of hydrogen-bond acceptors (Lipinski definition) is 6. The Morgan fingerprint density at radius 3 is 2.72 bits per heavy atom. The maximum absolute atomic E-state index is 13.9. The summed E-state index contributed by atoms with van der Waals surface area (Å²) in [6.07, 6.45) is 7.93. The molecule has 4 rings (SSSR count). The second-order valence-corrected chi connectivity index (χ2v) is 7.92. The molecule has 0 N–H and O–H groups in total. The fourth-order valence-corrected chi connectivity index (χ4v) is 3.91. The second-order valence-electron chi connectivity index (χ2n) is 7.92. The highest BCUT2D eigenvalue weighted by molar-refractivity contribution is 5.79. The van der Waals surface area contributed by atoms with Crippen LogP contribution in [0.5, 0.6) is 5.75 Å². The van der Waals surface area contributed by atoms with Crippen LogP contribution in [0.25, 0.3) is 11.1 Å². The zero-order valence-corrected chi connectivity index (χ0v) is 18.2. The molecular weight excluding hydrogens is 409 g/mol. The van der Waals surface area contributed by atoms with E-state index in [1.807, 2.05) is 31.1 Å². The van der Waals surface area contributed by atoms with Crippen LogP contribution in [0.2, 0.25) is 0 Å². The van der Waals surface area contributed by atoms with E-state index in [4.69, 9.17) is 9.72 Å². The van der Waals surface area contributed by atoms with Gasteiger partial charge in [-0.25, -0.2) is 14.4 Å². The molecule has 1 aromatic carbocycles. The average Bonchev–Trinajstić information content (AvgIpc) is 2.83. The number of likely N-dealkylation sites (tertiary alicyclic amines) is 1. The van der Waals surface area contributed by atoms with E-state index < -0.39 is 5.82 Å². The summed E-state index contributed by atoms with van der Waals surface area (Å²) in [5.74, 6) is -0.0206. The third-order valence-electron chi connectivity index (χ3n) is 5.52. The number of piperidine rings is 1. The molecule has 2 aromatic heterocycles. The molecule has 1 saturated heterocycles. The van der Waals surface area contributed by atoms with Crippen LogP contribution in [0.1, 0.15) is 31.0 Å². The van der Waals surface area contributed by atoms with Crippen molar-refractivity contribution in [1.82, 2.24) is 19.9 Å². The molecule has 8 heteroatoms. The largest absolute Gasteiger partial charge is 0.481 e. The molecule has 1 fully saturated rings. The van der Waals surface area contributed by atoms with Gasteiger partial charge in [-0.15, -0.1) is 0 Å². The number of carbonyl (C=O) groups excluding carboxylic acids is 1. The number of hydrogen-bond donors (Lipinski definition) is 0. The van der Waals surface area contributed by atoms with E-state index in [2.05, 4.69) is 9.97 Å². The van der Waals surface area contributed by atoms with Crippen LogP contribution >= 0.6 is 0 Å². The average molecular weight is 436 g/mol. The van der Waals surface area contributed by atoms with Gasteiger partial charge in [0.05, 0.1) is 11.7 Å². The number of para-hydroxylation sites is 1. The monoisotopic (exact) mass is 435 g/mol. The van der Waals surface area contributed by atoms with Gasteiger partial charge < -0.3 is 14.5 Å². The third kappa shape index (κ3) is 4.69. The molecule has 0 bridgehead atoms. The summed E-state index contributed by atoms with van der Waals surface area (Å²) in [5, 5.41) is 0. The summed E-state index contributed by atoms with van der Waals surface area (Å²) in [7, 11) is 3.77. The van der Waals surface area contributed by atoms with Crippen molar-refractivity contribution in [2.45, 2.75) is 25.3 Å². The molecule has 0 unspecified atom stereocenters. The normalized spacial score (nSPS) is 16.0. The van der Waals surface area contributed by atoms with E-state index in [-0.39, 0.29) is 24.3 Å². The maximum atomic E-state index is 13.9. The van der Waals surface area contributed by atoms with E-state index in [0.29, 0.717) is 12.5 Å². The topological polar surface area (TPSA) is 71.5 Å². The van der Waals surface area contributed by atoms with Crippen molar-refractivity contribution in [3.8, 4) is 16.9 Å². The first-order chi connectivity index (χ1) is 15.5. The summed E-state index contributed by atoms with van der Waals surface area (Å²) in [6.45, 7) is 0.370. The zero-order chi connectivity index (χ0) is 22.5. The Kier molecular flexibility index (Phi) is 6.58. The van der Waals surface area contributed by atoms with Gasteiger partial charge in [-0.2, -0.15) is 0 Å². The minimum absolute atomic E-state index is 0.0730. The van der Waals surface area contributed by atoms with Crippen molar-refractivity contribution in [1.29, 1.82) is 0 Å². The molecule has 1 aliphatic rings. The lowest BCUT2D eigenvalue weighted by atomic mass is 9.94. The van der Waals surface area contributed by atoms with E-state index in [9.17, 15) is 9.18 Å². The van der Waals surface area contributed by atoms with Gasteiger partial charge in [0.1, 0.15) is 0 Å². The molecule has 0 saturated carbocycles. The minimum atomic E-state index is -0.484. The maximum Gasteiger partial charge on any atom is 0.261 e. The zero-order valence-electron chi connectivity index (χ0n) is 18.2. The fraction of sp³-hybridized carbons (Fsp3) is 0.333. The Labute approximate surface area is 186 Å². The quantitative estimate of drug-likeness (QED) is 0.585. The molecular formula is C24H26FN5O2. The number of rotatable bonds is 6. The molecule has 32 heavy (non-hydrogen) atoms. The molecule has 3 heterocycles. The molecule has 1 amide bonds. The van der Waals surface area contributed by atoms with Gasteiger partial charge in [0.15, 0.2) is 18.2 Å². The van der Waals surface area contributed by atoms with Crippen molar-refractivity contribution in [2.75, 3.05) is 32.1 Å². The van der Waals surface area contributed by atoms with Crippen molar-refractivity contribution < 1.29 is 13.9 Å². The number of amides is 1. The summed E-state index contributed by atoms with van der Waals surface area (Å²) in [5.41, 5.74) is 2.62. The Morgan fingerprint density at radius 1 is 1.19 bits per heavy atom. The Hall–Kier alpha value is -3.55. The predicted octanol–water partition coefficient (Wildman–Crippen LogP) is 3.88. The van der Waals surface area contributed by atoms with E-state index >= 15 is 0 Å². The first-order valence-electron chi connectivity index (χ1n) is 10.7. The molecule has 0 aliphatic carbocycles. The number of halogens is 1. The molecule has 1 aliphatic heterocycles. The van der Waals surface area contributed by atoms with Gasteiger partial charge in [0, 0.05) is 44.8 Å². The number of anilines is 1. The van der Waals surface area contributed by atoms with Crippen LogP contribution in [-0.4, -0.2) is 53.0 Å². The smallest absolute Gasteiger partial charge is 0.261 e. The predicted molar refractivity (Wildman–Crippen MR) is 120 cm³/mol. The van der Waals surface area contributed by atoms with Gasteiger partial charge in [-0.05, 0) is 49.1 Å². The number of nitrogens with zero attached hydrogens (tertiary/aromatic N) is 5. The van der Waals surface area contributed by atoms with Gasteiger partial charge >= 0.3 is 0 Å². The van der Waals surface area contributed by atoms with Crippen molar-refractivity contribution in [3.63, 3.8) is 0 Å². The SMILES string of the molecule is CN(C)c1ncc(-c2ccncc2)c([C@H]2CCCCN2C(=O)COc2ccccc2F)n1. The summed E-state index contributed by atoms with van der Waals surface area (Å²) in [4.78, 5) is 30.2. The first kappa shape index (κ1) is 21.7. The third-order valence-corrected chi connectivity index (χ3v) is 5.52. The molecule has 1 atom stereocenters. The number of aromatic nitrogens is 3. The summed E-state index contributed by atoms with van der Waals surface area (Å²) >= 11 is 0. The van der Waals surface area contributed by atoms with Crippen molar-refractivity contribution >= 4 is 11.9 Å². The Morgan fingerprint density at radius 2 is 1.97 bits per heavy atom. The van der Waals surface area contributed by atoms with Crippen molar-refractivity contribution in [2.24, 2.45) is 0 Å². The first-order valence-corrected chi connectivity index (χ1v) is 10.7. The van der Waals surface area contributed by atoms with Crippen LogP contribution < -0.4 is 9.64 Å². The number of carbonyl (C=O) groups is 1. The van der Waals surface area contributed by atoms with Crippen LogP contribution in [0, 0.1) is 5.82 Å². The summed E-state index contributed by atoms with van der Waals surface area (Å²) < 4.78 is 19.4. The van der Waals surface area contributed by atoms with Gasteiger partial charge in [0.25, 0.3) is 5.91 Å². The van der Waals surface area contributed by atoms with Gasteiger partial charge in [-0.1, -0.05) is 12.1 Å². The lowest BCUT2D eigenvalue weighted by molar-refractivity contribution is -0.137. The molecule has 0 spiro atoms. The molecule has 0 radical (unpaired) electrons.